The molecule has 1 aromatic rings. The summed E-state index contributed by atoms with van der Waals surface area (Å²) >= 11 is 0. The first kappa shape index (κ1) is 14.1. The van der Waals surface area contributed by atoms with Crippen LogP contribution in [0.5, 0.6) is 5.75 Å². The minimum absolute atomic E-state index is 0.0470. The summed E-state index contributed by atoms with van der Waals surface area (Å²) in [6.07, 6.45) is 1.80. The number of hydrogen-bond donors (Lipinski definition) is 2. The van der Waals surface area contributed by atoms with Crippen LogP contribution in [0.25, 0.3) is 0 Å². The van der Waals surface area contributed by atoms with E-state index in [0.29, 0.717) is 12.4 Å². The van der Waals surface area contributed by atoms with E-state index in [1.165, 1.54) is 19.2 Å². The van der Waals surface area contributed by atoms with Crippen molar-refractivity contribution >= 4 is 15.7 Å². The van der Waals surface area contributed by atoms with Crippen LogP contribution in [-0.2, 0) is 14.8 Å². The lowest BCUT2D eigenvalue weighted by atomic mass is 10.2. The number of rotatable bonds is 5. The summed E-state index contributed by atoms with van der Waals surface area (Å²) < 4.78 is 37.1. The normalized spacial score (nSPS) is 19.5. The second-order valence-corrected chi connectivity index (χ2v) is 6.13. The Morgan fingerprint density at radius 1 is 1.53 bits per heavy atom. The number of methoxy groups -OCH3 is 1. The highest BCUT2D eigenvalue weighted by Gasteiger charge is 2.22. The van der Waals surface area contributed by atoms with Gasteiger partial charge < -0.3 is 15.2 Å². The fourth-order valence-electron chi connectivity index (χ4n) is 1.98. The van der Waals surface area contributed by atoms with Crippen molar-refractivity contribution in [3.63, 3.8) is 0 Å². The molecule has 0 radical (unpaired) electrons. The molecule has 106 valence electrons. The fourth-order valence-corrected chi connectivity index (χ4v) is 3.16. The Kier molecular flexibility index (Phi) is 4.28. The smallest absolute Gasteiger partial charge is 0.242 e. The van der Waals surface area contributed by atoms with Gasteiger partial charge >= 0.3 is 0 Å². The maximum absolute atomic E-state index is 12.1. The topological polar surface area (TPSA) is 90.7 Å². The Morgan fingerprint density at radius 3 is 2.89 bits per heavy atom. The van der Waals surface area contributed by atoms with Crippen LogP contribution in [0.1, 0.15) is 12.8 Å². The van der Waals surface area contributed by atoms with E-state index in [9.17, 15) is 8.42 Å². The third-order valence-corrected chi connectivity index (χ3v) is 4.53. The largest absolute Gasteiger partial charge is 0.497 e. The molecule has 19 heavy (non-hydrogen) atoms. The number of hydrogen-bond acceptors (Lipinski definition) is 5. The van der Waals surface area contributed by atoms with Gasteiger partial charge in [0.2, 0.25) is 10.0 Å². The number of anilines is 1. The molecule has 1 aliphatic heterocycles. The Labute approximate surface area is 112 Å². The van der Waals surface area contributed by atoms with Crippen molar-refractivity contribution in [2.45, 2.75) is 23.8 Å². The molecule has 1 aliphatic rings. The standard InChI is InChI=1S/C12H18N2O4S/c1-17-9-4-5-12(11(13)7-9)19(15,16)14-8-10-3-2-6-18-10/h4-5,7,10,14H,2-3,6,8,13H2,1H3. The van der Waals surface area contributed by atoms with E-state index in [0.717, 1.165) is 12.8 Å². The summed E-state index contributed by atoms with van der Waals surface area (Å²) in [5.41, 5.74) is 5.90. The SMILES string of the molecule is COc1ccc(S(=O)(=O)NCC2CCCO2)c(N)c1. The third-order valence-electron chi connectivity index (χ3n) is 3.03. The maximum atomic E-state index is 12.1. The lowest BCUT2D eigenvalue weighted by Crippen LogP contribution is -2.32. The first-order valence-electron chi connectivity index (χ1n) is 6.08. The molecule has 0 bridgehead atoms. The summed E-state index contributed by atoms with van der Waals surface area (Å²) in [7, 11) is -2.12. The van der Waals surface area contributed by atoms with Gasteiger partial charge in [-0.05, 0) is 25.0 Å². The van der Waals surface area contributed by atoms with Gasteiger partial charge in [-0.25, -0.2) is 13.1 Å². The molecule has 1 aromatic carbocycles. The molecule has 0 saturated carbocycles. The van der Waals surface area contributed by atoms with Gasteiger partial charge in [-0.1, -0.05) is 0 Å². The summed E-state index contributed by atoms with van der Waals surface area (Å²) in [6.45, 7) is 0.963. The molecule has 2 rings (SSSR count). The predicted octanol–water partition coefficient (Wildman–Crippen LogP) is 0.735. The summed E-state index contributed by atoms with van der Waals surface area (Å²) in [4.78, 5) is 0.0614. The van der Waals surface area contributed by atoms with Crippen LogP contribution in [0.15, 0.2) is 23.1 Å². The molecule has 7 heteroatoms. The molecule has 1 unspecified atom stereocenters. The van der Waals surface area contributed by atoms with Gasteiger partial charge in [-0.2, -0.15) is 0 Å². The van der Waals surface area contributed by atoms with Crippen LogP contribution in [0.2, 0.25) is 0 Å². The highest BCUT2D eigenvalue weighted by molar-refractivity contribution is 7.89. The first-order chi connectivity index (χ1) is 9.03. The van der Waals surface area contributed by atoms with Gasteiger partial charge in [0.1, 0.15) is 10.6 Å². The van der Waals surface area contributed by atoms with Crippen molar-refractivity contribution in [3.8, 4) is 5.75 Å². The van der Waals surface area contributed by atoms with E-state index in [4.69, 9.17) is 15.2 Å². The molecule has 1 heterocycles. The summed E-state index contributed by atoms with van der Waals surface area (Å²) in [6, 6.07) is 4.49. The highest BCUT2D eigenvalue weighted by atomic mass is 32.2. The minimum atomic E-state index is -3.61. The molecular weight excluding hydrogens is 268 g/mol. The molecule has 0 spiro atoms. The number of ether oxygens (including phenoxy) is 2. The second kappa shape index (κ2) is 5.77. The maximum Gasteiger partial charge on any atom is 0.242 e. The monoisotopic (exact) mass is 286 g/mol. The zero-order valence-electron chi connectivity index (χ0n) is 10.8. The zero-order valence-corrected chi connectivity index (χ0v) is 11.6. The zero-order chi connectivity index (χ0) is 13.9. The van der Waals surface area contributed by atoms with Crippen molar-refractivity contribution in [2.75, 3.05) is 26.0 Å². The van der Waals surface area contributed by atoms with Crippen molar-refractivity contribution in [1.29, 1.82) is 0 Å². The van der Waals surface area contributed by atoms with E-state index >= 15 is 0 Å². The fraction of sp³-hybridized carbons (Fsp3) is 0.500. The van der Waals surface area contributed by atoms with Crippen molar-refractivity contribution in [3.05, 3.63) is 18.2 Å². The Bertz CT molecular complexity index is 539. The number of benzene rings is 1. The van der Waals surface area contributed by atoms with E-state index < -0.39 is 10.0 Å². The molecular formula is C12H18N2O4S. The molecule has 3 N–H and O–H groups in total. The van der Waals surface area contributed by atoms with E-state index in [-0.39, 0.29) is 23.2 Å². The van der Waals surface area contributed by atoms with Crippen LogP contribution in [-0.4, -0.2) is 34.8 Å². The average molecular weight is 286 g/mol. The van der Waals surface area contributed by atoms with Crippen LogP contribution in [0.4, 0.5) is 5.69 Å². The van der Waals surface area contributed by atoms with Gasteiger partial charge in [0, 0.05) is 19.2 Å². The van der Waals surface area contributed by atoms with Gasteiger partial charge in [0.25, 0.3) is 0 Å². The molecule has 0 amide bonds. The quantitative estimate of drug-likeness (QED) is 0.779. The lowest BCUT2D eigenvalue weighted by Gasteiger charge is -2.13. The van der Waals surface area contributed by atoms with Crippen LogP contribution < -0.4 is 15.2 Å². The van der Waals surface area contributed by atoms with Crippen LogP contribution in [0, 0.1) is 0 Å². The Hall–Kier alpha value is -1.31. The predicted molar refractivity (Wildman–Crippen MR) is 71.6 cm³/mol. The molecule has 0 aliphatic carbocycles. The molecule has 1 fully saturated rings. The van der Waals surface area contributed by atoms with Gasteiger partial charge in [-0.3, -0.25) is 0 Å². The van der Waals surface area contributed by atoms with Crippen molar-refractivity contribution in [2.24, 2.45) is 0 Å². The molecule has 0 aromatic heterocycles. The Morgan fingerprint density at radius 2 is 2.32 bits per heavy atom. The molecule has 1 saturated heterocycles. The van der Waals surface area contributed by atoms with Crippen LogP contribution >= 0.6 is 0 Å². The number of sulfonamides is 1. The average Bonchev–Trinajstić information content (AvgIpc) is 2.89. The lowest BCUT2D eigenvalue weighted by molar-refractivity contribution is 0.114. The Balaban J connectivity index is 2.10. The van der Waals surface area contributed by atoms with Crippen molar-refractivity contribution in [1.82, 2.24) is 4.72 Å². The highest BCUT2D eigenvalue weighted by Crippen LogP contribution is 2.23. The minimum Gasteiger partial charge on any atom is -0.497 e. The van der Waals surface area contributed by atoms with Gasteiger partial charge in [0.05, 0.1) is 18.9 Å². The molecule has 6 nitrogen and oxygen atoms in total. The first-order valence-corrected chi connectivity index (χ1v) is 7.56. The van der Waals surface area contributed by atoms with Crippen molar-refractivity contribution < 1.29 is 17.9 Å². The van der Waals surface area contributed by atoms with E-state index in [2.05, 4.69) is 4.72 Å². The third kappa shape index (κ3) is 3.37. The van der Waals surface area contributed by atoms with E-state index in [1.54, 1.807) is 6.07 Å². The van der Waals surface area contributed by atoms with Gasteiger partial charge in [-0.15, -0.1) is 0 Å². The van der Waals surface area contributed by atoms with Crippen LogP contribution in [0.3, 0.4) is 0 Å². The van der Waals surface area contributed by atoms with Gasteiger partial charge in [0.15, 0.2) is 0 Å². The molecule has 1 atom stereocenters. The van der Waals surface area contributed by atoms with E-state index in [1.807, 2.05) is 0 Å². The summed E-state index contributed by atoms with van der Waals surface area (Å²) in [5, 5.41) is 0. The number of nitrogens with two attached hydrogens (primary N) is 1. The number of nitrogens with one attached hydrogen (secondary N) is 1. The number of nitrogen functional groups attached to an aromatic ring is 1. The summed E-state index contributed by atoms with van der Waals surface area (Å²) in [5.74, 6) is 0.524. The second-order valence-electron chi connectivity index (χ2n) is 4.39.